The van der Waals surface area contributed by atoms with E-state index in [-0.39, 0.29) is 18.4 Å². The Morgan fingerprint density at radius 2 is 2.12 bits per heavy atom. The molecule has 1 unspecified atom stereocenters. The standard InChI is InChI=1S/C4H9NO2.ClH/c5-3-1-7-2-4(3)6;/h3-4,6H,1-2,5H2;1H/t3-,4?;/m0./s1. The summed E-state index contributed by atoms with van der Waals surface area (Å²) in [5, 5.41) is 8.75. The van der Waals surface area contributed by atoms with Crippen molar-refractivity contribution in [2.75, 3.05) is 13.2 Å². The van der Waals surface area contributed by atoms with Gasteiger partial charge in [-0.15, -0.1) is 12.4 Å². The fraction of sp³-hybridized carbons (Fsp3) is 1.00. The monoisotopic (exact) mass is 139 g/mol. The summed E-state index contributed by atoms with van der Waals surface area (Å²) >= 11 is 0. The highest BCUT2D eigenvalue weighted by Gasteiger charge is 2.21. The minimum atomic E-state index is -0.431. The van der Waals surface area contributed by atoms with Crippen molar-refractivity contribution in [3.05, 3.63) is 0 Å². The van der Waals surface area contributed by atoms with Gasteiger partial charge in [-0.2, -0.15) is 0 Å². The number of ether oxygens (including phenoxy) is 1. The molecule has 0 spiro atoms. The third-order valence-electron chi connectivity index (χ3n) is 1.09. The van der Waals surface area contributed by atoms with Gasteiger partial charge in [0.15, 0.2) is 0 Å². The average Bonchev–Trinajstić information content (AvgIpc) is 1.91. The van der Waals surface area contributed by atoms with Gasteiger partial charge in [0, 0.05) is 0 Å². The van der Waals surface area contributed by atoms with Gasteiger partial charge in [-0.05, 0) is 0 Å². The first-order valence-corrected chi connectivity index (χ1v) is 2.32. The Hall–Kier alpha value is 0.170. The van der Waals surface area contributed by atoms with E-state index in [1.54, 1.807) is 0 Å². The lowest BCUT2D eigenvalue weighted by Crippen LogP contribution is -2.32. The molecule has 1 heterocycles. The summed E-state index contributed by atoms with van der Waals surface area (Å²) in [5.41, 5.74) is 5.30. The van der Waals surface area contributed by atoms with Gasteiger partial charge in [0.2, 0.25) is 0 Å². The van der Waals surface area contributed by atoms with Crippen LogP contribution >= 0.6 is 12.4 Å². The zero-order chi connectivity index (χ0) is 5.28. The van der Waals surface area contributed by atoms with Crippen LogP contribution < -0.4 is 5.73 Å². The van der Waals surface area contributed by atoms with Gasteiger partial charge in [0.25, 0.3) is 0 Å². The van der Waals surface area contributed by atoms with Crippen LogP contribution in [-0.2, 0) is 4.74 Å². The third-order valence-corrected chi connectivity index (χ3v) is 1.09. The van der Waals surface area contributed by atoms with Crippen molar-refractivity contribution in [3.63, 3.8) is 0 Å². The van der Waals surface area contributed by atoms with E-state index < -0.39 is 6.10 Å². The number of halogens is 1. The summed E-state index contributed by atoms with van der Waals surface area (Å²) in [6.07, 6.45) is -0.431. The lowest BCUT2D eigenvalue weighted by Gasteiger charge is -2.01. The molecule has 0 aromatic heterocycles. The second-order valence-electron chi connectivity index (χ2n) is 1.77. The maximum atomic E-state index is 8.75. The molecule has 3 N–H and O–H groups in total. The Labute approximate surface area is 54.2 Å². The minimum absolute atomic E-state index is 0. The van der Waals surface area contributed by atoms with Crippen molar-refractivity contribution in [2.45, 2.75) is 12.1 Å². The predicted molar refractivity (Wildman–Crippen MR) is 32.0 cm³/mol. The van der Waals surface area contributed by atoms with Crippen LogP contribution in [0, 0.1) is 0 Å². The molecule has 1 rings (SSSR count). The number of hydrogen-bond acceptors (Lipinski definition) is 3. The summed E-state index contributed by atoms with van der Waals surface area (Å²) in [6, 6.07) is -0.153. The van der Waals surface area contributed by atoms with Crippen molar-refractivity contribution in [2.24, 2.45) is 5.73 Å². The number of aliphatic hydroxyl groups excluding tert-OH is 1. The summed E-state index contributed by atoms with van der Waals surface area (Å²) in [4.78, 5) is 0. The third kappa shape index (κ3) is 1.59. The molecule has 2 atom stereocenters. The summed E-state index contributed by atoms with van der Waals surface area (Å²) < 4.78 is 4.79. The van der Waals surface area contributed by atoms with E-state index in [9.17, 15) is 0 Å². The van der Waals surface area contributed by atoms with E-state index in [1.807, 2.05) is 0 Å². The molecular weight excluding hydrogens is 130 g/mol. The van der Waals surface area contributed by atoms with Crippen molar-refractivity contribution >= 4 is 12.4 Å². The van der Waals surface area contributed by atoms with Crippen LogP contribution in [0.5, 0.6) is 0 Å². The first kappa shape index (κ1) is 8.17. The molecule has 4 heteroatoms. The Kier molecular flexibility index (Phi) is 3.31. The van der Waals surface area contributed by atoms with E-state index in [4.69, 9.17) is 15.6 Å². The summed E-state index contributed by atoms with van der Waals surface area (Å²) in [5.74, 6) is 0. The molecule has 3 nitrogen and oxygen atoms in total. The highest BCUT2D eigenvalue weighted by atomic mass is 35.5. The highest BCUT2D eigenvalue weighted by Crippen LogP contribution is 2.00. The van der Waals surface area contributed by atoms with Crippen LogP contribution in [0.4, 0.5) is 0 Å². The number of rotatable bonds is 0. The second kappa shape index (κ2) is 3.25. The largest absolute Gasteiger partial charge is 0.389 e. The smallest absolute Gasteiger partial charge is 0.0946 e. The van der Waals surface area contributed by atoms with Gasteiger partial charge in [0.05, 0.1) is 25.4 Å². The van der Waals surface area contributed by atoms with Crippen molar-refractivity contribution in [3.8, 4) is 0 Å². The predicted octanol–water partition coefficient (Wildman–Crippen LogP) is -0.873. The molecule has 50 valence electrons. The highest BCUT2D eigenvalue weighted by molar-refractivity contribution is 5.85. The molecule has 0 aromatic carbocycles. The van der Waals surface area contributed by atoms with Crippen molar-refractivity contribution < 1.29 is 9.84 Å². The normalized spacial score (nSPS) is 36.8. The van der Waals surface area contributed by atoms with Crippen LogP contribution in [0.25, 0.3) is 0 Å². The topological polar surface area (TPSA) is 55.5 Å². The van der Waals surface area contributed by atoms with Gasteiger partial charge in [-0.3, -0.25) is 0 Å². The lowest BCUT2D eigenvalue weighted by molar-refractivity contribution is 0.125. The molecule has 0 aromatic rings. The first-order chi connectivity index (χ1) is 3.30. The van der Waals surface area contributed by atoms with Gasteiger partial charge < -0.3 is 15.6 Å². The second-order valence-corrected chi connectivity index (χ2v) is 1.77. The van der Waals surface area contributed by atoms with E-state index in [2.05, 4.69) is 0 Å². The first-order valence-electron chi connectivity index (χ1n) is 2.32. The molecule has 1 saturated heterocycles. The zero-order valence-electron chi connectivity index (χ0n) is 4.41. The van der Waals surface area contributed by atoms with E-state index in [0.29, 0.717) is 13.2 Å². The lowest BCUT2D eigenvalue weighted by atomic mass is 10.2. The molecule has 0 bridgehead atoms. The van der Waals surface area contributed by atoms with Crippen molar-refractivity contribution in [1.82, 2.24) is 0 Å². The molecule has 0 saturated carbocycles. The Bertz CT molecular complexity index is 63.1. The molecule has 1 fully saturated rings. The fourth-order valence-electron chi connectivity index (χ4n) is 0.560. The van der Waals surface area contributed by atoms with Gasteiger partial charge >= 0.3 is 0 Å². The summed E-state index contributed by atoms with van der Waals surface area (Å²) in [6.45, 7) is 0.905. The van der Waals surface area contributed by atoms with Crippen LogP contribution in [0.2, 0.25) is 0 Å². The van der Waals surface area contributed by atoms with Gasteiger partial charge in [-0.25, -0.2) is 0 Å². The van der Waals surface area contributed by atoms with Crippen LogP contribution in [-0.4, -0.2) is 30.5 Å². The number of nitrogens with two attached hydrogens (primary N) is 1. The molecule has 0 amide bonds. The van der Waals surface area contributed by atoms with Crippen molar-refractivity contribution in [1.29, 1.82) is 0 Å². The molecule has 8 heavy (non-hydrogen) atoms. The average molecular weight is 140 g/mol. The van der Waals surface area contributed by atoms with E-state index in [1.165, 1.54) is 0 Å². The number of aliphatic hydroxyl groups is 1. The quantitative estimate of drug-likeness (QED) is 0.459. The Morgan fingerprint density at radius 1 is 1.50 bits per heavy atom. The zero-order valence-corrected chi connectivity index (χ0v) is 5.23. The minimum Gasteiger partial charge on any atom is -0.389 e. The SMILES string of the molecule is Cl.N[C@H]1COCC1O. The summed E-state index contributed by atoms with van der Waals surface area (Å²) in [7, 11) is 0. The molecular formula is C4H10ClNO2. The molecule has 1 aliphatic heterocycles. The van der Waals surface area contributed by atoms with Crippen LogP contribution in [0.15, 0.2) is 0 Å². The Balaban J connectivity index is 0.000000490. The molecule has 0 aliphatic carbocycles. The van der Waals surface area contributed by atoms with Gasteiger partial charge in [0.1, 0.15) is 0 Å². The van der Waals surface area contributed by atoms with Crippen LogP contribution in [0.1, 0.15) is 0 Å². The maximum Gasteiger partial charge on any atom is 0.0946 e. The van der Waals surface area contributed by atoms with E-state index >= 15 is 0 Å². The maximum absolute atomic E-state index is 8.75. The van der Waals surface area contributed by atoms with E-state index in [0.717, 1.165) is 0 Å². The molecule has 0 radical (unpaired) electrons. The molecule has 1 aliphatic rings. The van der Waals surface area contributed by atoms with Crippen LogP contribution in [0.3, 0.4) is 0 Å². The number of hydrogen-bond donors (Lipinski definition) is 2. The van der Waals surface area contributed by atoms with Gasteiger partial charge in [-0.1, -0.05) is 0 Å². The Morgan fingerprint density at radius 3 is 2.25 bits per heavy atom. The fourth-order valence-corrected chi connectivity index (χ4v) is 0.560.